The molecular formula is C10H22N2O3. The predicted molar refractivity (Wildman–Crippen MR) is 57.6 cm³/mol. The van der Waals surface area contributed by atoms with E-state index in [9.17, 15) is 10.2 Å². The maximum Gasteiger partial charge on any atom is 0.0976 e. The first kappa shape index (κ1) is 12.9. The van der Waals surface area contributed by atoms with Crippen molar-refractivity contribution < 1.29 is 15.3 Å². The molecule has 0 spiro atoms. The van der Waals surface area contributed by atoms with Gasteiger partial charge in [0.15, 0.2) is 0 Å². The largest absolute Gasteiger partial charge is 0.395 e. The van der Waals surface area contributed by atoms with E-state index in [1.165, 1.54) is 0 Å². The molecule has 15 heavy (non-hydrogen) atoms. The van der Waals surface area contributed by atoms with Crippen molar-refractivity contribution in [2.45, 2.75) is 44.1 Å². The topological polar surface area (TPSA) is 84.8 Å². The summed E-state index contributed by atoms with van der Waals surface area (Å²) in [5.74, 6) is 0. The highest BCUT2D eigenvalue weighted by atomic mass is 16.3. The highest BCUT2D eigenvalue weighted by Crippen LogP contribution is 2.07. The second kappa shape index (κ2) is 6.40. The number of aliphatic hydroxyl groups is 3. The average Bonchev–Trinajstić information content (AvgIpc) is 2.55. The first-order chi connectivity index (χ1) is 7.19. The number of nitrogens with one attached hydrogen (secondary N) is 2. The number of aliphatic hydroxyl groups excluding tert-OH is 3. The summed E-state index contributed by atoms with van der Waals surface area (Å²) in [6, 6.07) is -0.0346. The van der Waals surface area contributed by atoms with Crippen LogP contribution >= 0.6 is 0 Å². The van der Waals surface area contributed by atoms with Gasteiger partial charge in [-0.15, -0.1) is 0 Å². The Hall–Kier alpha value is -0.200. The Bertz CT molecular complexity index is 180. The third-order valence-electron chi connectivity index (χ3n) is 2.88. The van der Waals surface area contributed by atoms with Gasteiger partial charge in [-0.05, 0) is 6.42 Å². The summed E-state index contributed by atoms with van der Waals surface area (Å²) >= 11 is 0. The van der Waals surface area contributed by atoms with Gasteiger partial charge in [0.05, 0.1) is 18.8 Å². The minimum absolute atomic E-state index is 0.0849. The van der Waals surface area contributed by atoms with Gasteiger partial charge in [0, 0.05) is 25.2 Å². The monoisotopic (exact) mass is 218 g/mol. The summed E-state index contributed by atoms with van der Waals surface area (Å²) in [6.07, 6.45) is 0.553. The average molecular weight is 218 g/mol. The van der Waals surface area contributed by atoms with Crippen molar-refractivity contribution >= 4 is 0 Å². The van der Waals surface area contributed by atoms with E-state index in [0.717, 1.165) is 12.8 Å². The predicted octanol–water partition coefficient (Wildman–Crippen LogP) is -1.57. The molecule has 1 saturated heterocycles. The van der Waals surface area contributed by atoms with Gasteiger partial charge in [0.2, 0.25) is 0 Å². The molecule has 0 aliphatic carbocycles. The number of β-amino-alcohol motifs (C(OH)–C–C–N with tert-alkyl or cyclic N) is 1. The fraction of sp³-hybridized carbons (Fsp3) is 1.00. The molecule has 1 heterocycles. The van der Waals surface area contributed by atoms with Gasteiger partial charge in [-0.1, -0.05) is 13.3 Å². The maximum atomic E-state index is 9.56. The number of hydrogen-bond acceptors (Lipinski definition) is 5. The van der Waals surface area contributed by atoms with E-state index in [0.29, 0.717) is 13.1 Å². The Morgan fingerprint density at radius 2 is 2.20 bits per heavy atom. The molecule has 0 unspecified atom stereocenters. The molecule has 4 atom stereocenters. The third-order valence-corrected chi connectivity index (χ3v) is 2.88. The van der Waals surface area contributed by atoms with Crippen molar-refractivity contribution in [3.8, 4) is 0 Å². The summed E-state index contributed by atoms with van der Waals surface area (Å²) < 4.78 is 0. The van der Waals surface area contributed by atoms with Gasteiger partial charge in [0.25, 0.3) is 0 Å². The first-order valence-corrected chi connectivity index (χ1v) is 5.62. The summed E-state index contributed by atoms with van der Waals surface area (Å²) in [5, 5.41) is 34.1. The lowest BCUT2D eigenvalue weighted by Crippen LogP contribution is -2.45. The lowest BCUT2D eigenvalue weighted by Gasteiger charge is -2.21. The van der Waals surface area contributed by atoms with Crippen LogP contribution < -0.4 is 10.6 Å². The Morgan fingerprint density at radius 3 is 2.67 bits per heavy atom. The van der Waals surface area contributed by atoms with E-state index in [1.54, 1.807) is 0 Å². The lowest BCUT2D eigenvalue weighted by atomic mass is 10.1. The van der Waals surface area contributed by atoms with Crippen molar-refractivity contribution in [2.24, 2.45) is 0 Å². The second-order valence-electron chi connectivity index (χ2n) is 4.15. The van der Waals surface area contributed by atoms with Crippen molar-refractivity contribution in [2.75, 3.05) is 19.7 Å². The number of hydrogen-bond donors (Lipinski definition) is 5. The summed E-state index contributed by atoms with van der Waals surface area (Å²) in [6.45, 7) is 3.19. The minimum atomic E-state index is -0.710. The highest BCUT2D eigenvalue weighted by molar-refractivity contribution is 4.92. The van der Waals surface area contributed by atoms with Crippen molar-refractivity contribution in [3.05, 3.63) is 0 Å². The van der Waals surface area contributed by atoms with Gasteiger partial charge in [-0.25, -0.2) is 0 Å². The maximum absolute atomic E-state index is 9.56. The fourth-order valence-corrected chi connectivity index (χ4v) is 1.87. The number of rotatable bonds is 6. The van der Waals surface area contributed by atoms with Gasteiger partial charge in [0.1, 0.15) is 0 Å². The molecule has 0 aromatic heterocycles. The van der Waals surface area contributed by atoms with Gasteiger partial charge >= 0.3 is 0 Å². The van der Waals surface area contributed by atoms with Crippen molar-refractivity contribution in [1.82, 2.24) is 10.6 Å². The van der Waals surface area contributed by atoms with Crippen LogP contribution in [0.1, 0.15) is 19.8 Å². The lowest BCUT2D eigenvalue weighted by molar-refractivity contribution is 0.0398. The van der Waals surface area contributed by atoms with E-state index in [2.05, 4.69) is 17.6 Å². The van der Waals surface area contributed by atoms with E-state index in [1.807, 2.05) is 0 Å². The highest BCUT2D eigenvalue weighted by Gasteiger charge is 2.32. The fourth-order valence-electron chi connectivity index (χ4n) is 1.87. The normalized spacial score (nSPS) is 33.2. The van der Waals surface area contributed by atoms with Crippen molar-refractivity contribution in [1.29, 1.82) is 0 Å². The standard InChI is InChI=1S/C10H22N2O3/c1-2-3-7(6-13)11-4-8-10(15)9(14)5-12-8/h7-15H,2-6H2,1H3/t7-,8-,9-,10-/m1/s1. The van der Waals surface area contributed by atoms with Crippen LogP contribution in [0.15, 0.2) is 0 Å². The van der Waals surface area contributed by atoms with Crippen LogP contribution in [0.4, 0.5) is 0 Å². The van der Waals surface area contributed by atoms with Gasteiger partial charge in [-0.3, -0.25) is 0 Å². The molecule has 5 heteroatoms. The molecule has 5 N–H and O–H groups in total. The van der Waals surface area contributed by atoms with Crippen LogP contribution in [0, 0.1) is 0 Å². The van der Waals surface area contributed by atoms with E-state index < -0.39 is 12.2 Å². The van der Waals surface area contributed by atoms with Gasteiger partial charge in [-0.2, -0.15) is 0 Å². The van der Waals surface area contributed by atoms with E-state index in [-0.39, 0.29) is 18.7 Å². The van der Waals surface area contributed by atoms with Crippen molar-refractivity contribution in [3.63, 3.8) is 0 Å². The molecule has 0 saturated carbocycles. The molecule has 5 nitrogen and oxygen atoms in total. The molecule has 1 fully saturated rings. The SMILES string of the molecule is CCC[C@H](CO)NC[C@H]1NC[C@@H](O)[C@@H]1O. The summed E-state index contributed by atoms with van der Waals surface area (Å²) in [7, 11) is 0. The second-order valence-corrected chi connectivity index (χ2v) is 4.15. The van der Waals surface area contributed by atoms with Crippen LogP contribution in [0.3, 0.4) is 0 Å². The molecule has 0 aromatic carbocycles. The quantitative estimate of drug-likeness (QED) is 0.372. The Balaban J connectivity index is 2.24. The third kappa shape index (κ3) is 3.70. The summed E-state index contributed by atoms with van der Waals surface area (Å²) in [5.41, 5.74) is 0. The van der Waals surface area contributed by atoms with Crippen LogP contribution in [-0.4, -0.2) is 59.3 Å². The molecular weight excluding hydrogens is 196 g/mol. The van der Waals surface area contributed by atoms with E-state index in [4.69, 9.17) is 5.11 Å². The molecule has 0 radical (unpaired) electrons. The molecule has 1 aliphatic heterocycles. The molecule has 1 rings (SSSR count). The zero-order valence-corrected chi connectivity index (χ0v) is 9.19. The van der Waals surface area contributed by atoms with Crippen LogP contribution in [0.25, 0.3) is 0 Å². The molecule has 0 bridgehead atoms. The molecule has 0 amide bonds. The molecule has 90 valence electrons. The Morgan fingerprint density at radius 1 is 1.47 bits per heavy atom. The first-order valence-electron chi connectivity index (χ1n) is 5.62. The zero-order valence-electron chi connectivity index (χ0n) is 9.19. The molecule has 0 aromatic rings. The minimum Gasteiger partial charge on any atom is -0.395 e. The zero-order chi connectivity index (χ0) is 11.3. The Labute approximate surface area is 90.5 Å². The van der Waals surface area contributed by atoms with Gasteiger partial charge < -0.3 is 26.0 Å². The Kier molecular flexibility index (Phi) is 5.49. The molecule has 1 aliphatic rings. The van der Waals surface area contributed by atoms with Crippen LogP contribution in [0.2, 0.25) is 0 Å². The summed E-state index contributed by atoms with van der Waals surface area (Å²) in [4.78, 5) is 0. The van der Waals surface area contributed by atoms with Crippen LogP contribution in [-0.2, 0) is 0 Å². The van der Waals surface area contributed by atoms with Crippen LogP contribution in [0.5, 0.6) is 0 Å². The smallest absolute Gasteiger partial charge is 0.0976 e. The van der Waals surface area contributed by atoms with E-state index >= 15 is 0 Å².